The zero-order chi connectivity index (χ0) is 17.7. The van der Waals surface area contributed by atoms with Crippen LogP contribution in [-0.4, -0.2) is 17.5 Å². The molecule has 0 aliphatic heterocycles. The Morgan fingerprint density at radius 1 is 0.800 bits per heavy atom. The number of unbranched alkanes of at least 4 members (excludes halogenated alkanes) is 6. The van der Waals surface area contributed by atoms with Gasteiger partial charge < -0.3 is 9.94 Å². The van der Waals surface area contributed by atoms with Crippen molar-refractivity contribution in [3.63, 3.8) is 0 Å². The minimum atomic E-state index is 0.569. The van der Waals surface area contributed by atoms with Crippen LogP contribution in [0.4, 0.5) is 0 Å². The molecule has 25 heavy (non-hydrogen) atoms. The van der Waals surface area contributed by atoms with E-state index >= 15 is 0 Å². The van der Waals surface area contributed by atoms with Crippen LogP contribution in [0.3, 0.4) is 0 Å². The summed E-state index contributed by atoms with van der Waals surface area (Å²) in [6, 6.07) is 17.4. The van der Waals surface area contributed by atoms with Crippen LogP contribution < -0.4 is 4.74 Å². The molecule has 0 bridgehead atoms. The van der Waals surface area contributed by atoms with Gasteiger partial charge in [0.2, 0.25) is 0 Å². The second-order valence-electron chi connectivity index (χ2n) is 6.31. The third-order valence-corrected chi connectivity index (χ3v) is 4.29. The van der Waals surface area contributed by atoms with E-state index in [-0.39, 0.29) is 0 Å². The summed E-state index contributed by atoms with van der Waals surface area (Å²) in [7, 11) is 0. The smallest absolute Gasteiger partial charge is 0.119 e. The summed E-state index contributed by atoms with van der Waals surface area (Å²) in [6.45, 7) is 3.00. The largest absolute Gasteiger partial charge is 0.494 e. The highest BCUT2D eigenvalue weighted by Gasteiger charge is 2.07. The minimum Gasteiger partial charge on any atom is -0.494 e. The number of rotatable bonds is 11. The van der Waals surface area contributed by atoms with Crippen LogP contribution in [0.2, 0.25) is 0 Å². The van der Waals surface area contributed by atoms with Crippen LogP contribution in [0.5, 0.6) is 5.75 Å². The SMILES string of the molecule is CCCCCCCCCOc1ccc(/C(=N/O)c2ccccc2)cc1. The van der Waals surface area contributed by atoms with Crippen LogP contribution in [0, 0.1) is 0 Å². The van der Waals surface area contributed by atoms with Gasteiger partial charge in [0.15, 0.2) is 0 Å². The Hall–Kier alpha value is -2.29. The molecule has 0 aliphatic carbocycles. The molecule has 0 saturated heterocycles. The van der Waals surface area contributed by atoms with Crippen molar-refractivity contribution in [3.05, 3.63) is 65.7 Å². The number of hydrogen-bond donors (Lipinski definition) is 1. The molecule has 2 aromatic rings. The molecule has 0 aliphatic rings. The molecule has 0 heterocycles. The number of ether oxygens (including phenoxy) is 1. The van der Waals surface area contributed by atoms with E-state index in [9.17, 15) is 5.21 Å². The van der Waals surface area contributed by atoms with Gasteiger partial charge in [-0.3, -0.25) is 0 Å². The molecule has 0 amide bonds. The first-order valence-electron chi connectivity index (χ1n) is 9.36. The normalized spacial score (nSPS) is 11.5. The molecule has 0 spiro atoms. The predicted octanol–water partition coefficient (Wildman–Crippen LogP) is 6.04. The monoisotopic (exact) mass is 339 g/mol. The molecule has 1 N–H and O–H groups in total. The topological polar surface area (TPSA) is 41.8 Å². The van der Waals surface area contributed by atoms with E-state index in [4.69, 9.17) is 4.74 Å². The van der Waals surface area contributed by atoms with Crippen molar-refractivity contribution in [1.29, 1.82) is 0 Å². The van der Waals surface area contributed by atoms with Gasteiger partial charge in [-0.25, -0.2) is 0 Å². The number of hydrogen-bond acceptors (Lipinski definition) is 3. The molecule has 134 valence electrons. The van der Waals surface area contributed by atoms with Crippen molar-refractivity contribution in [2.45, 2.75) is 51.9 Å². The first-order chi connectivity index (χ1) is 12.3. The zero-order valence-electron chi connectivity index (χ0n) is 15.2. The van der Waals surface area contributed by atoms with Crippen LogP contribution in [-0.2, 0) is 0 Å². The lowest BCUT2D eigenvalue weighted by molar-refractivity contribution is 0.304. The van der Waals surface area contributed by atoms with Crippen molar-refractivity contribution >= 4 is 5.71 Å². The maximum Gasteiger partial charge on any atom is 0.119 e. The van der Waals surface area contributed by atoms with Crippen LogP contribution >= 0.6 is 0 Å². The Bertz CT molecular complexity index is 620. The number of nitrogens with zero attached hydrogens (tertiary/aromatic N) is 1. The molecule has 3 nitrogen and oxygen atoms in total. The Labute approximate surface area is 151 Å². The quantitative estimate of drug-likeness (QED) is 0.234. The summed E-state index contributed by atoms with van der Waals surface area (Å²) in [5.74, 6) is 0.861. The fourth-order valence-electron chi connectivity index (χ4n) is 2.84. The highest BCUT2D eigenvalue weighted by atomic mass is 16.5. The van der Waals surface area contributed by atoms with E-state index < -0.39 is 0 Å². The van der Waals surface area contributed by atoms with E-state index in [0.29, 0.717) is 5.71 Å². The molecule has 2 aromatic carbocycles. The highest BCUT2D eigenvalue weighted by molar-refractivity contribution is 6.12. The number of oxime groups is 1. The minimum absolute atomic E-state index is 0.569. The average molecular weight is 339 g/mol. The van der Waals surface area contributed by atoms with Crippen LogP contribution in [0.15, 0.2) is 59.8 Å². The Morgan fingerprint density at radius 3 is 2.04 bits per heavy atom. The Morgan fingerprint density at radius 2 is 1.40 bits per heavy atom. The van der Waals surface area contributed by atoms with E-state index in [1.54, 1.807) is 0 Å². The molecule has 0 aromatic heterocycles. The standard InChI is InChI=1S/C22H29NO2/c1-2-3-4-5-6-7-11-18-25-21-16-14-20(15-17-21)22(23-24)19-12-9-8-10-13-19/h8-10,12-17,24H,2-7,11,18H2,1H3/b23-22+. The maximum absolute atomic E-state index is 9.34. The summed E-state index contributed by atoms with van der Waals surface area (Å²) in [4.78, 5) is 0. The van der Waals surface area contributed by atoms with Gasteiger partial charge in [-0.05, 0) is 30.7 Å². The lowest BCUT2D eigenvalue weighted by atomic mass is 10.0. The lowest BCUT2D eigenvalue weighted by Crippen LogP contribution is -2.03. The summed E-state index contributed by atoms with van der Waals surface area (Å²) >= 11 is 0. The van der Waals surface area contributed by atoms with Crippen LogP contribution in [0.25, 0.3) is 0 Å². The average Bonchev–Trinajstić information content (AvgIpc) is 2.66. The molecule has 0 saturated carbocycles. The lowest BCUT2D eigenvalue weighted by Gasteiger charge is -2.08. The van der Waals surface area contributed by atoms with Gasteiger partial charge in [-0.1, -0.05) is 80.9 Å². The molecular weight excluding hydrogens is 310 g/mol. The van der Waals surface area contributed by atoms with E-state index in [2.05, 4.69) is 12.1 Å². The number of benzene rings is 2. The third-order valence-electron chi connectivity index (χ3n) is 4.29. The van der Waals surface area contributed by atoms with E-state index in [0.717, 1.165) is 29.9 Å². The Kier molecular flexibility index (Phi) is 8.60. The second kappa shape index (κ2) is 11.3. The van der Waals surface area contributed by atoms with Crippen LogP contribution in [0.1, 0.15) is 63.0 Å². The zero-order valence-corrected chi connectivity index (χ0v) is 15.2. The van der Waals surface area contributed by atoms with E-state index in [1.807, 2.05) is 54.6 Å². The molecule has 0 unspecified atom stereocenters. The summed E-state index contributed by atoms with van der Waals surface area (Å²) < 4.78 is 5.81. The molecule has 0 fully saturated rings. The van der Waals surface area contributed by atoms with Gasteiger partial charge in [-0.15, -0.1) is 0 Å². The molecular formula is C22H29NO2. The molecule has 0 atom stereocenters. The van der Waals surface area contributed by atoms with Gasteiger partial charge in [0, 0.05) is 11.1 Å². The predicted molar refractivity (Wildman–Crippen MR) is 104 cm³/mol. The fourth-order valence-corrected chi connectivity index (χ4v) is 2.84. The molecule has 2 rings (SSSR count). The summed E-state index contributed by atoms with van der Waals surface area (Å²) in [5, 5.41) is 12.8. The van der Waals surface area contributed by atoms with Gasteiger partial charge >= 0.3 is 0 Å². The second-order valence-corrected chi connectivity index (χ2v) is 6.31. The molecule has 3 heteroatoms. The fraction of sp³-hybridized carbons (Fsp3) is 0.409. The molecule has 0 radical (unpaired) electrons. The first kappa shape index (κ1) is 19.0. The van der Waals surface area contributed by atoms with E-state index in [1.165, 1.54) is 38.5 Å². The van der Waals surface area contributed by atoms with Gasteiger partial charge in [0.1, 0.15) is 11.5 Å². The van der Waals surface area contributed by atoms with Crippen molar-refractivity contribution in [2.24, 2.45) is 5.16 Å². The summed E-state index contributed by atoms with van der Waals surface area (Å²) in [5.41, 5.74) is 2.33. The van der Waals surface area contributed by atoms with Gasteiger partial charge in [-0.2, -0.15) is 0 Å². The van der Waals surface area contributed by atoms with Crippen molar-refractivity contribution in [3.8, 4) is 5.75 Å². The maximum atomic E-state index is 9.34. The summed E-state index contributed by atoms with van der Waals surface area (Å²) in [6.07, 6.45) is 8.98. The highest BCUT2D eigenvalue weighted by Crippen LogP contribution is 2.17. The third kappa shape index (κ3) is 6.61. The van der Waals surface area contributed by atoms with Gasteiger partial charge in [0.05, 0.1) is 6.61 Å². The van der Waals surface area contributed by atoms with Crippen molar-refractivity contribution in [1.82, 2.24) is 0 Å². The first-order valence-corrected chi connectivity index (χ1v) is 9.36. The van der Waals surface area contributed by atoms with Crippen molar-refractivity contribution < 1.29 is 9.94 Å². The van der Waals surface area contributed by atoms with Gasteiger partial charge in [0.25, 0.3) is 0 Å². The Balaban J connectivity index is 1.76. The van der Waals surface area contributed by atoms with Crippen molar-refractivity contribution in [2.75, 3.05) is 6.61 Å².